The van der Waals surface area contributed by atoms with E-state index in [0.29, 0.717) is 41.4 Å². The maximum Gasteiger partial charge on any atom is 0.319 e. The number of carbonyl (C=O) groups is 2. The van der Waals surface area contributed by atoms with Crippen LogP contribution in [0.25, 0.3) is 0 Å². The zero-order chi connectivity index (χ0) is 23.4. The Morgan fingerprint density at radius 3 is 2.91 bits per heavy atom. The summed E-state index contributed by atoms with van der Waals surface area (Å²) in [4.78, 5) is 28.3. The number of rotatable bonds is 5. The predicted molar refractivity (Wildman–Crippen MR) is 122 cm³/mol. The third-order valence-electron chi connectivity index (χ3n) is 6.77. The quantitative estimate of drug-likeness (QED) is 0.454. The summed E-state index contributed by atoms with van der Waals surface area (Å²) in [7, 11) is 0. The molecule has 0 radical (unpaired) electrons. The molecule has 3 amide bonds. The number of amides is 3. The number of nitrogens with zero attached hydrogens (tertiary/aromatic N) is 1. The lowest BCUT2D eigenvalue weighted by molar-refractivity contribution is -0.116. The van der Waals surface area contributed by atoms with E-state index in [4.69, 9.17) is 4.74 Å². The van der Waals surface area contributed by atoms with E-state index in [1.54, 1.807) is 36.5 Å². The van der Waals surface area contributed by atoms with Crippen LogP contribution in [0.5, 0.6) is 17.2 Å². The Morgan fingerprint density at radius 2 is 2.09 bits per heavy atom. The lowest BCUT2D eigenvalue weighted by atomic mass is 9.99. The summed E-state index contributed by atoms with van der Waals surface area (Å²) >= 11 is 0. The van der Waals surface area contributed by atoms with E-state index in [0.717, 1.165) is 12.0 Å². The number of phenols is 1. The Balaban J connectivity index is 1.17. The first-order valence-corrected chi connectivity index (χ1v) is 11.1. The minimum atomic E-state index is -0.427. The minimum absolute atomic E-state index is 0.0278. The van der Waals surface area contributed by atoms with E-state index in [1.165, 1.54) is 18.2 Å². The second-order valence-electron chi connectivity index (χ2n) is 8.93. The van der Waals surface area contributed by atoms with Crippen molar-refractivity contribution < 1.29 is 23.8 Å². The van der Waals surface area contributed by atoms with E-state index in [1.807, 2.05) is 0 Å². The van der Waals surface area contributed by atoms with Gasteiger partial charge in [-0.1, -0.05) is 6.07 Å². The average Bonchev–Trinajstić information content (AvgIpc) is 3.65. The highest BCUT2D eigenvalue weighted by Crippen LogP contribution is 2.77. The number of benzene rings is 2. The molecule has 2 aromatic carbocycles. The monoisotopic (exact) mass is 460 g/mol. The van der Waals surface area contributed by atoms with Crippen LogP contribution in [-0.2, 0) is 11.2 Å². The van der Waals surface area contributed by atoms with E-state index in [2.05, 4.69) is 20.9 Å². The fraction of sp³-hybridized carbons (Fsp3) is 0.240. The standard InChI is InChI=1S/C25H21FN4O4/c26-13-2-1-3-14(10-13)28-24(33)30-25-12-18(25)22(25)17-11-15(4-6-19(17)31)34-20-8-9-27-23-16(20)5-7-21(32)29-23/h1-4,6,8-11,18,22,31H,5,7,12H2,(H,27,29,32)(H2,28,30,33)/t18-,22+,25-/m0/s1. The summed E-state index contributed by atoms with van der Waals surface area (Å²) in [5.74, 6) is 1.49. The summed E-state index contributed by atoms with van der Waals surface area (Å²) in [5, 5.41) is 18.9. The van der Waals surface area contributed by atoms with E-state index < -0.39 is 17.4 Å². The van der Waals surface area contributed by atoms with Crippen molar-refractivity contribution in [1.29, 1.82) is 0 Å². The van der Waals surface area contributed by atoms with Crippen molar-refractivity contribution >= 4 is 23.4 Å². The van der Waals surface area contributed by atoms with Crippen LogP contribution >= 0.6 is 0 Å². The number of carbonyl (C=O) groups excluding carboxylic acids is 2. The molecular formula is C25H21FN4O4. The molecule has 3 aliphatic rings. The zero-order valence-corrected chi connectivity index (χ0v) is 18.0. The first-order valence-electron chi connectivity index (χ1n) is 11.1. The molecule has 2 heterocycles. The van der Waals surface area contributed by atoms with Gasteiger partial charge in [0.15, 0.2) is 0 Å². The van der Waals surface area contributed by atoms with Gasteiger partial charge < -0.3 is 25.8 Å². The molecule has 0 spiro atoms. The number of urea groups is 1. The van der Waals surface area contributed by atoms with Gasteiger partial charge in [0, 0.05) is 35.3 Å². The van der Waals surface area contributed by atoms with Crippen LogP contribution in [0.15, 0.2) is 54.7 Å². The SMILES string of the molecule is O=C1CCc2c(Oc3ccc(O)c([C@@H]4[C@@H]5C[C@@]45NC(=O)Nc4cccc(F)c4)c3)ccnc2N1. The summed E-state index contributed by atoms with van der Waals surface area (Å²) < 4.78 is 19.5. The number of aromatic hydroxyl groups is 1. The number of fused-ring (bicyclic) bond motifs is 2. The molecule has 9 heteroatoms. The van der Waals surface area contributed by atoms with Crippen LogP contribution in [0, 0.1) is 11.7 Å². The predicted octanol–water partition coefficient (Wildman–Crippen LogP) is 4.28. The van der Waals surface area contributed by atoms with Gasteiger partial charge in [0.25, 0.3) is 0 Å². The third kappa shape index (κ3) is 3.49. The molecule has 8 nitrogen and oxygen atoms in total. The third-order valence-corrected chi connectivity index (χ3v) is 6.77. The average molecular weight is 460 g/mol. The summed E-state index contributed by atoms with van der Waals surface area (Å²) in [6, 6.07) is 12.1. The molecule has 4 N–H and O–H groups in total. The van der Waals surface area contributed by atoms with Gasteiger partial charge >= 0.3 is 6.03 Å². The Morgan fingerprint density at radius 1 is 1.21 bits per heavy atom. The molecule has 0 saturated heterocycles. The molecule has 2 saturated carbocycles. The fourth-order valence-corrected chi connectivity index (χ4v) is 4.89. The summed E-state index contributed by atoms with van der Waals surface area (Å²) in [6.07, 6.45) is 3.29. The Hall–Kier alpha value is -4.14. The Kier molecular flexibility index (Phi) is 4.48. The van der Waals surface area contributed by atoms with Gasteiger partial charge in [-0.15, -0.1) is 0 Å². The van der Waals surface area contributed by atoms with Crippen LogP contribution in [0.3, 0.4) is 0 Å². The molecule has 0 unspecified atom stereocenters. The minimum Gasteiger partial charge on any atom is -0.508 e. The maximum absolute atomic E-state index is 13.4. The van der Waals surface area contributed by atoms with Crippen LogP contribution in [0.1, 0.15) is 29.9 Å². The van der Waals surface area contributed by atoms with Gasteiger partial charge in [-0.25, -0.2) is 14.2 Å². The van der Waals surface area contributed by atoms with E-state index in [9.17, 15) is 19.1 Å². The molecule has 34 heavy (non-hydrogen) atoms. The summed E-state index contributed by atoms with van der Waals surface area (Å²) in [5.41, 5.74) is 1.50. The molecule has 1 aliphatic heterocycles. The van der Waals surface area contributed by atoms with Crippen LogP contribution < -0.4 is 20.7 Å². The van der Waals surface area contributed by atoms with Gasteiger partial charge in [0.2, 0.25) is 5.91 Å². The molecule has 172 valence electrons. The number of hydrogen-bond acceptors (Lipinski definition) is 5. The van der Waals surface area contributed by atoms with Crippen molar-refractivity contribution in [3.63, 3.8) is 0 Å². The number of hydrogen-bond donors (Lipinski definition) is 4. The van der Waals surface area contributed by atoms with Gasteiger partial charge in [-0.05, 0) is 61.2 Å². The zero-order valence-electron chi connectivity index (χ0n) is 18.0. The Labute approximate surface area is 194 Å². The topological polar surface area (TPSA) is 113 Å². The highest BCUT2D eigenvalue weighted by molar-refractivity contribution is 5.93. The van der Waals surface area contributed by atoms with Crippen molar-refractivity contribution in [3.05, 3.63) is 71.7 Å². The number of aromatic nitrogens is 1. The van der Waals surface area contributed by atoms with Gasteiger partial charge in [0.05, 0.1) is 5.54 Å². The highest BCUT2D eigenvalue weighted by atomic mass is 19.1. The fourth-order valence-electron chi connectivity index (χ4n) is 4.89. The smallest absolute Gasteiger partial charge is 0.319 e. The first kappa shape index (κ1) is 20.5. The van der Waals surface area contributed by atoms with Gasteiger partial charge in [-0.3, -0.25) is 4.79 Å². The number of nitrogens with one attached hydrogen (secondary N) is 3. The van der Waals surface area contributed by atoms with Crippen LogP contribution in [-0.4, -0.2) is 27.6 Å². The van der Waals surface area contributed by atoms with Crippen molar-refractivity contribution in [3.8, 4) is 17.2 Å². The molecule has 0 bridgehead atoms. The largest absolute Gasteiger partial charge is 0.508 e. The van der Waals surface area contributed by atoms with Crippen molar-refractivity contribution in [2.45, 2.75) is 30.7 Å². The van der Waals surface area contributed by atoms with Gasteiger partial charge in [0.1, 0.15) is 28.9 Å². The number of halogens is 1. The molecule has 2 fully saturated rings. The lowest BCUT2D eigenvalue weighted by Gasteiger charge is -2.20. The normalized spacial score (nSPS) is 23.7. The molecule has 2 aliphatic carbocycles. The number of pyridine rings is 1. The van der Waals surface area contributed by atoms with Crippen LogP contribution in [0.4, 0.5) is 20.7 Å². The Bertz CT molecular complexity index is 1350. The van der Waals surface area contributed by atoms with E-state index >= 15 is 0 Å². The van der Waals surface area contributed by atoms with Crippen molar-refractivity contribution in [2.24, 2.45) is 5.92 Å². The van der Waals surface area contributed by atoms with Crippen LogP contribution in [0.2, 0.25) is 0 Å². The number of ether oxygens (including phenoxy) is 1. The second-order valence-corrected chi connectivity index (χ2v) is 8.93. The van der Waals surface area contributed by atoms with Crippen molar-refractivity contribution in [2.75, 3.05) is 10.6 Å². The highest BCUT2D eigenvalue weighted by Gasteiger charge is 2.80. The first-order chi connectivity index (χ1) is 16.4. The van der Waals surface area contributed by atoms with Gasteiger partial charge in [-0.2, -0.15) is 0 Å². The lowest BCUT2D eigenvalue weighted by Crippen LogP contribution is -2.36. The number of anilines is 2. The van der Waals surface area contributed by atoms with E-state index in [-0.39, 0.29) is 23.5 Å². The maximum atomic E-state index is 13.4. The molecule has 6 rings (SSSR count). The number of phenolic OH excluding ortho intramolecular Hbond substituents is 1. The molecule has 3 atom stereocenters. The van der Waals surface area contributed by atoms with Crippen molar-refractivity contribution in [1.82, 2.24) is 10.3 Å². The molecule has 3 aromatic rings. The second kappa shape index (κ2) is 7.44. The summed E-state index contributed by atoms with van der Waals surface area (Å²) in [6.45, 7) is 0. The molecule has 1 aromatic heterocycles. The molecular weight excluding hydrogens is 439 g/mol.